The van der Waals surface area contributed by atoms with E-state index in [0.717, 1.165) is 24.8 Å². The van der Waals surface area contributed by atoms with Crippen LogP contribution in [0.4, 0.5) is 0 Å². The molecule has 0 aromatic carbocycles. The minimum atomic E-state index is 0.434. The zero-order valence-electron chi connectivity index (χ0n) is 13.2. The van der Waals surface area contributed by atoms with Crippen molar-refractivity contribution in [2.75, 3.05) is 13.1 Å². The van der Waals surface area contributed by atoms with Gasteiger partial charge in [0, 0.05) is 19.0 Å². The second-order valence-corrected chi connectivity index (χ2v) is 7.70. The summed E-state index contributed by atoms with van der Waals surface area (Å²) in [6.07, 6.45) is 10.5. The van der Waals surface area contributed by atoms with Crippen molar-refractivity contribution in [1.82, 2.24) is 4.90 Å². The van der Waals surface area contributed by atoms with Gasteiger partial charge in [-0.05, 0) is 43.4 Å². The van der Waals surface area contributed by atoms with Gasteiger partial charge in [-0.1, -0.05) is 40.0 Å². The quantitative estimate of drug-likeness (QED) is 0.540. The van der Waals surface area contributed by atoms with E-state index in [4.69, 9.17) is 5.41 Å². The maximum atomic E-state index is 8.52. The molecule has 1 unspecified atom stereocenters. The summed E-state index contributed by atoms with van der Waals surface area (Å²) < 4.78 is 0. The first-order valence-corrected chi connectivity index (χ1v) is 8.32. The molecule has 1 saturated carbocycles. The van der Waals surface area contributed by atoms with Crippen LogP contribution in [0.25, 0.3) is 0 Å². The molecule has 1 aliphatic heterocycles. The van der Waals surface area contributed by atoms with Gasteiger partial charge >= 0.3 is 0 Å². The molecule has 1 heterocycles. The predicted octanol–water partition coefficient (Wildman–Crippen LogP) is 4.69. The third-order valence-corrected chi connectivity index (χ3v) is 5.29. The monoisotopic (exact) mass is 264 g/mol. The van der Waals surface area contributed by atoms with Gasteiger partial charge in [-0.2, -0.15) is 0 Å². The second-order valence-electron chi connectivity index (χ2n) is 7.70. The smallest absolute Gasteiger partial charge is 0.0989 e. The van der Waals surface area contributed by atoms with E-state index in [-0.39, 0.29) is 0 Å². The molecule has 0 aromatic rings. The highest BCUT2D eigenvalue weighted by Gasteiger charge is 2.29. The Labute approximate surface area is 119 Å². The molecule has 0 amide bonds. The topological polar surface area (TPSA) is 27.1 Å². The molecule has 0 aromatic heterocycles. The number of hydrogen-bond acceptors (Lipinski definition) is 1. The van der Waals surface area contributed by atoms with Gasteiger partial charge in [0.15, 0.2) is 0 Å². The molecule has 2 heteroatoms. The van der Waals surface area contributed by atoms with Crippen LogP contribution < -0.4 is 0 Å². The van der Waals surface area contributed by atoms with Crippen LogP contribution in [-0.4, -0.2) is 23.8 Å². The van der Waals surface area contributed by atoms with Crippen LogP contribution in [0.15, 0.2) is 0 Å². The maximum Gasteiger partial charge on any atom is 0.0989 e. The van der Waals surface area contributed by atoms with E-state index in [2.05, 4.69) is 25.7 Å². The van der Waals surface area contributed by atoms with Gasteiger partial charge in [0.05, 0.1) is 5.84 Å². The lowest BCUT2D eigenvalue weighted by atomic mass is 9.77. The molecule has 2 rings (SSSR count). The summed E-state index contributed by atoms with van der Waals surface area (Å²) in [5.74, 6) is 2.37. The summed E-state index contributed by atoms with van der Waals surface area (Å²) in [7, 11) is 0. The van der Waals surface area contributed by atoms with E-state index in [1.54, 1.807) is 0 Å². The molecule has 110 valence electrons. The number of rotatable bonds is 1. The summed E-state index contributed by atoms with van der Waals surface area (Å²) in [4.78, 5) is 2.40. The summed E-state index contributed by atoms with van der Waals surface area (Å²) in [5, 5.41) is 8.52. The van der Waals surface area contributed by atoms with Crippen LogP contribution in [0.5, 0.6) is 0 Å². The first-order valence-electron chi connectivity index (χ1n) is 8.32. The highest BCUT2D eigenvalue weighted by atomic mass is 15.2. The lowest BCUT2D eigenvalue weighted by Crippen LogP contribution is -2.37. The molecule has 1 aliphatic carbocycles. The van der Waals surface area contributed by atoms with Crippen LogP contribution in [0, 0.1) is 22.7 Å². The molecule has 1 atom stereocenters. The van der Waals surface area contributed by atoms with Crippen LogP contribution in [-0.2, 0) is 0 Å². The lowest BCUT2D eigenvalue weighted by Gasteiger charge is -2.32. The Morgan fingerprint density at radius 2 is 1.58 bits per heavy atom. The van der Waals surface area contributed by atoms with Crippen molar-refractivity contribution in [3.63, 3.8) is 0 Å². The van der Waals surface area contributed by atoms with Crippen molar-refractivity contribution in [3.05, 3.63) is 0 Å². The maximum absolute atomic E-state index is 8.52. The van der Waals surface area contributed by atoms with Gasteiger partial charge in [0.2, 0.25) is 0 Å². The summed E-state index contributed by atoms with van der Waals surface area (Å²) in [5.41, 5.74) is 0.434. The Hall–Kier alpha value is -0.530. The van der Waals surface area contributed by atoms with Crippen molar-refractivity contribution in [2.45, 2.75) is 72.1 Å². The number of hydrogen-bond donors (Lipinski definition) is 1. The number of nitrogens with zero attached hydrogens (tertiary/aromatic N) is 1. The molecule has 2 aliphatic rings. The standard InChI is InChI=1S/C17H32N2/c1-17(2,3)15-10-7-12-19(13-11-15)16(18)14-8-5-4-6-9-14/h14-15,18H,4-13H2,1-3H3. The van der Waals surface area contributed by atoms with E-state index in [9.17, 15) is 0 Å². The van der Waals surface area contributed by atoms with Crippen LogP contribution in [0.3, 0.4) is 0 Å². The van der Waals surface area contributed by atoms with Gasteiger partial charge < -0.3 is 4.90 Å². The number of likely N-dealkylation sites (tertiary alicyclic amines) is 1. The first-order chi connectivity index (χ1) is 8.98. The molecule has 0 spiro atoms. The summed E-state index contributed by atoms with van der Waals surface area (Å²) >= 11 is 0. The van der Waals surface area contributed by atoms with Gasteiger partial charge in [-0.3, -0.25) is 5.41 Å². The highest BCUT2D eigenvalue weighted by Crippen LogP contribution is 2.35. The van der Waals surface area contributed by atoms with E-state index in [0.29, 0.717) is 11.3 Å². The Balaban J connectivity index is 1.89. The zero-order chi connectivity index (χ0) is 13.9. The molecule has 0 bridgehead atoms. The predicted molar refractivity (Wildman–Crippen MR) is 82.7 cm³/mol. The highest BCUT2D eigenvalue weighted by molar-refractivity contribution is 5.81. The normalized spacial score (nSPS) is 27.1. The Morgan fingerprint density at radius 3 is 2.21 bits per heavy atom. The third-order valence-electron chi connectivity index (χ3n) is 5.29. The Bertz CT molecular complexity index is 297. The molecular formula is C17H32N2. The molecule has 0 radical (unpaired) electrons. The zero-order valence-corrected chi connectivity index (χ0v) is 13.2. The molecule has 1 N–H and O–H groups in total. The van der Waals surface area contributed by atoms with Gasteiger partial charge in [-0.15, -0.1) is 0 Å². The molecule has 19 heavy (non-hydrogen) atoms. The largest absolute Gasteiger partial charge is 0.360 e. The lowest BCUT2D eigenvalue weighted by molar-refractivity contribution is 0.215. The average molecular weight is 264 g/mol. The Morgan fingerprint density at radius 1 is 0.895 bits per heavy atom. The van der Waals surface area contributed by atoms with E-state index >= 15 is 0 Å². The minimum Gasteiger partial charge on any atom is -0.360 e. The fourth-order valence-corrected chi connectivity index (χ4v) is 3.84. The van der Waals surface area contributed by atoms with Crippen LogP contribution in [0.2, 0.25) is 0 Å². The van der Waals surface area contributed by atoms with Gasteiger partial charge in [-0.25, -0.2) is 0 Å². The second kappa shape index (κ2) is 6.28. The number of nitrogens with one attached hydrogen (secondary N) is 1. The summed E-state index contributed by atoms with van der Waals surface area (Å²) in [6, 6.07) is 0. The van der Waals surface area contributed by atoms with Crippen molar-refractivity contribution < 1.29 is 0 Å². The minimum absolute atomic E-state index is 0.434. The molecule has 1 saturated heterocycles. The van der Waals surface area contributed by atoms with E-state index < -0.39 is 0 Å². The van der Waals surface area contributed by atoms with E-state index in [1.165, 1.54) is 51.4 Å². The SMILES string of the molecule is CC(C)(C)C1CCCN(C(=N)C2CCCCC2)CC1. The van der Waals surface area contributed by atoms with Gasteiger partial charge in [0.1, 0.15) is 0 Å². The fraction of sp³-hybridized carbons (Fsp3) is 0.941. The van der Waals surface area contributed by atoms with Gasteiger partial charge in [0.25, 0.3) is 0 Å². The van der Waals surface area contributed by atoms with Crippen molar-refractivity contribution in [1.29, 1.82) is 5.41 Å². The third kappa shape index (κ3) is 3.97. The van der Waals surface area contributed by atoms with Crippen molar-refractivity contribution >= 4 is 5.84 Å². The molecule has 2 nitrogen and oxygen atoms in total. The first kappa shape index (κ1) is 14.9. The summed E-state index contributed by atoms with van der Waals surface area (Å²) in [6.45, 7) is 9.37. The van der Waals surface area contributed by atoms with Crippen molar-refractivity contribution in [2.24, 2.45) is 17.3 Å². The Kier molecular flexibility index (Phi) is 4.92. The van der Waals surface area contributed by atoms with Crippen LogP contribution >= 0.6 is 0 Å². The molecular weight excluding hydrogens is 232 g/mol. The average Bonchev–Trinajstić information content (AvgIpc) is 2.64. The van der Waals surface area contributed by atoms with Crippen LogP contribution in [0.1, 0.15) is 72.1 Å². The molecule has 2 fully saturated rings. The van der Waals surface area contributed by atoms with E-state index in [1.807, 2.05) is 0 Å². The number of amidine groups is 1. The fourth-order valence-electron chi connectivity index (χ4n) is 3.84. The van der Waals surface area contributed by atoms with Crippen molar-refractivity contribution in [3.8, 4) is 0 Å².